The van der Waals surface area contributed by atoms with E-state index in [4.69, 9.17) is 16.7 Å². The lowest BCUT2D eigenvalue weighted by Gasteiger charge is -2.10. The van der Waals surface area contributed by atoms with E-state index in [9.17, 15) is 0 Å². The molecule has 1 aromatic carbocycles. The monoisotopic (exact) mass is 413 g/mol. The Kier molecular flexibility index (Phi) is 8.02. The highest BCUT2D eigenvalue weighted by Gasteiger charge is 2.04. The highest BCUT2D eigenvalue weighted by molar-refractivity contribution is 6.31. The Morgan fingerprint density at radius 3 is 2.69 bits per heavy atom. The van der Waals surface area contributed by atoms with Gasteiger partial charge in [0, 0.05) is 53.4 Å². The van der Waals surface area contributed by atoms with Gasteiger partial charge in [-0.3, -0.25) is 4.98 Å². The first-order valence-corrected chi connectivity index (χ1v) is 10.5. The second-order valence-electron chi connectivity index (χ2n) is 7.09. The minimum Gasteiger partial charge on any atom is -0.396 e. The second kappa shape index (κ2) is 10.9. The van der Waals surface area contributed by atoms with Crippen LogP contribution in [0.15, 0.2) is 36.5 Å². The van der Waals surface area contributed by atoms with Crippen molar-refractivity contribution in [2.45, 2.75) is 39.0 Å². The normalized spacial score (nSPS) is 11.0. The zero-order valence-corrected chi connectivity index (χ0v) is 17.5. The molecule has 0 saturated heterocycles. The van der Waals surface area contributed by atoms with Crippen LogP contribution in [0.2, 0.25) is 5.02 Å². The van der Waals surface area contributed by atoms with Crippen LogP contribution < -0.4 is 10.6 Å². The second-order valence-corrected chi connectivity index (χ2v) is 7.52. The summed E-state index contributed by atoms with van der Waals surface area (Å²) < 4.78 is 0. The van der Waals surface area contributed by atoms with Crippen molar-refractivity contribution in [3.63, 3.8) is 0 Å². The number of hydrogen-bond acceptors (Lipinski definition) is 6. The largest absolute Gasteiger partial charge is 0.396 e. The summed E-state index contributed by atoms with van der Waals surface area (Å²) in [4.78, 5) is 13.4. The Labute approximate surface area is 176 Å². The summed E-state index contributed by atoms with van der Waals surface area (Å²) in [6.45, 7) is 3.75. The van der Waals surface area contributed by atoms with Crippen LogP contribution in [0.25, 0.3) is 10.9 Å². The van der Waals surface area contributed by atoms with Gasteiger partial charge in [0.2, 0.25) is 5.95 Å². The number of aryl methyl sites for hydroxylation is 2. The third kappa shape index (κ3) is 6.54. The fourth-order valence-corrected chi connectivity index (χ4v) is 3.39. The zero-order valence-electron chi connectivity index (χ0n) is 16.8. The highest BCUT2D eigenvalue weighted by atomic mass is 35.5. The summed E-state index contributed by atoms with van der Waals surface area (Å²) in [6, 6.07) is 9.84. The summed E-state index contributed by atoms with van der Waals surface area (Å²) in [6.07, 6.45) is 6.74. The van der Waals surface area contributed by atoms with Gasteiger partial charge >= 0.3 is 0 Å². The molecule has 6 nitrogen and oxygen atoms in total. The van der Waals surface area contributed by atoms with Crippen molar-refractivity contribution in [2.24, 2.45) is 0 Å². The van der Waals surface area contributed by atoms with Gasteiger partial charge in [0.05, 0.1) is 5.52 Å². The molecule has 3 rings (SSSR count). The van der Waals surface area contributed by atoms with Gasteiger partial charge in [-0.05, 0) is 62.9 Å². The van der Waals surface area contributed by atoms with E-state index in [0.29, 0.717) is 23.9 Å². The van der Waals surface area contributed by atoms with Gasteiger partial charge in [-0.15, -0.1) is 0 Å². The van der Waals surface area contributed by atoms with Crippen molar-refractivity contribution in [1.29, 1.82) is 0 Å². The molecular weight excluding hydrogens is 386 g/mol. The maximum absolute atomic E-state index is 8.88. The van der Waals surface area contributed by atoms with Crippen molar-refractivity contribution >= 4 is 34.1 Å². The quantitative estimate of drug-likeness (QED) is 0.398. The van der Waals surface area contributed by atoms with Crippen LogP contribution in [-0.4, -0.2) is 39.8 Å². The smallest absolute Gasteiger partial charge is 0.223 e. The molecule has 0 aliphatic carbocycles. The Balaban J connectivity index is 1.42. The van der Waals surface area contributed by atoms with Crippen LogP contribution in [0.5, 0.6) is 0 Å². The van der Waals surface area contributed by atoms with Crippen molar-refractivity contribution in [2.75, 3.05) is 30.3 Å². The number of hydrogen-bond donors (Lipinski definition) is 3. The lowest BCUT2D eigenvalue weighted by Crippen LogP contribution is -2.09. The molecule has 0 amide bonds. The van der Waals surface area contributed by atoms with E-state index in [2.05, 4.69) is 25.6 Å². The van der Waals surface area contributed by atoms with Gasteiger partial charge in [0.25, 0.3) is 0 Å². The first-order valence-electron chi connectivity index (χ1n) is 10.1. The summed E-state index contributed by atoms with van der Waals surface area (Å²) in [5.41, 5.74) is 4.03. The van der Waals surface area contributed by atoms with Gasteiger partial charge in [-0.1, -0.05) is 18.0 Å². The number of rotatable bonds is 11. The van der Waals surface area contributed by atoms with E-state index in [-0.39, 0.29) is 6.61 Å². The molecule has 0 unspecified atom stereocenters. The maximum atomic E-state index is 8.88. The molecule has 3 N–H and O–H groups in total. The molecular formula is C22H28ClN5O. The number of anilines is 2. The predicted octanol–water partition coefficient (Wildman–Crippen LogP) is 4.61. The van der Waals surface area contributed by atoms with Crippen molar-refractivity contribution in [3.05, 3.63) is 52.9 Å². The van der Waals surface area contributed by atoms with Crippen LogP contribution in [-0.2, 0) is 6.42 Å². The molecule has 29 heavy (non-hydrogen) atoms. The molecule has 154 valence electrons. The van der Waals surface area contributed by atoms with Gasteiger partial charge in [-0.2, -0.15) is 0 Å². The van der Waals surface area contributed by atoms with Crippen molar-refractivity contribution in [1.82, 2.24) is 15.0 Å². The number of pyridine rings is 1. The maximum Gasteiger partial charge on any atom is 0.223 e. The van der Waals surface area contributed by atoms with E-state index in [1.807, 2.05) is 43.5 Å². The Morgan fingerprint density at radius 2 is 1.83 bits per heavy atom. The number of aliphatic hydroxyl groups excluding tert-OH is 1. The molecule has 3 aromatic rings. The minimum atomic E-state index is 0.169. The van der Waals surface area contributed by atoms with Crippen LogP contribution in [0.3, 0.4) is 0 Å². The number of unbranched alkanes of at least 4 members (excludes halogenated alkanes) is 2. The van der Waals surface area contributed by atoms with Crippen LogP contribution in [0.1, 0.15) is 37.1 Å². The number of benzene rings is 1. The molecule has 0 spiro atoms. The molecule has 2 aromatic heterocycles. The molecule has 7 heteroatoms. The molecule has 0 aliphatic heterocycles. The summed E-state index contributed by atoms with van der Waals surface area (Å²) in [5.74, 6) is 0.653. The number of aromatic nitrogens is 3. The van der Waals surface area contributed by atoms with E-state index in [1.165, 1.54) is 0 Å². The lowest BCUT2D eigenvalue weighted by atomic mass is 10.1. The van der Waals surface area contributed by atoms with Crippen LogP contribution in [0, 0.1) is 6.92 Å². The third-order valence-corrected chi connectivity index (χ3v) is 4.89. The van der Waals surface area contributed by atoms with Crippen molar-refractivity contribution < 1.29 is 5.11 Å². The van der Waals surface area contributed by atoms with Crippen molar-refractivity contribution in [3.8, 4) is 0 Å². The summed E-state index contributed by atoms with van der Waals surface area (Å²) >= 11 is 6.05. The van der Waals surface area contributed by atoms with Gasteiger partial charge in [-0.25, -0.2) is 9.97 Å². The molecule has 0 atom stereocenters. The zero-order chi connectivity index (χ0) is 20.5. The standard InChI is InChI=1S/C22H28ClN5O/c1-16-14-18(28-22(27-16)26-11-5-13-29)6-3-2-4-10-24-20-9-12-25-21-15-17(23)7-8-19(20)21/h7-9,12,14-15,29H,2-6,10-11,13H2,1H3,(H,24,25)(H,26,27,28). The number of nitrogens with one attached hydrogen (secondary N) is 2. The first-order chi connectivity index (χ1) is 14.2. The number of fused-ring (bicyclic) bond motifs is 1. The van der Waals surface area contributed by atoms with Crippen LogP contribution in [0.4, 0.5) is 11.6 Å². The van der Waals surface area contributed by atoms with Gasteiger partial charge in [0.1, 0.15) is 0 Å². The molecule has 0 fully saturated rings. The first kappa shape index (κ1) is 21.3. The lowest BCUT2D eigenvalue weighted by molar-refractivity contribution is 0.292. The number of halogens is 1. The summed E-state index contributed by atoms with van der Waals surface area (Å²) in [5, 5.41) is 17.4. The minimum absolute atomic E-state index is 0.169. The third-order valence-electron chi connectivity index (χ3n) is 4.66. The fraction of sp³-hybridized carbons (Fsp3) is 0.409. The average Bonchev–Trinajstić information content (AvgIpc) is 2.70. The molecule has 0 bridgehead atoms. The van der Waals surface area contributed by atoms with Gasteiger partial charge in [0.15, 0.2) is 0 Å². The van der Waals surface area contributed by atoms with E-state index < -0.39 is 0 Å². The predicted molar refractivity (Wildman–Crippen MR) is 120 cm³/mol. The SMILES string of the molecule is Cc1cc(CCCCCNc2ccnc3cc(Cl)ccc23)nc(NCCCO)n1. The molecule has 2 heterocycles. The Bertz CT molecular complexity index is 934. The number of aliphatic hydroxyl groups is 1. The highest BCUT2D eigenvalue weighted by Crippen LogP contribution is 2.24. The van der Waals surface area contributed by atoms with Crippen LogP contribution >= 0.6 is 11.6 Å². The molecule has 0 radical (unpaired) electrons. The summed E-state index contributed by atoms with van der Waals surface area (Å²) in [7, 11) is 0. The molecule has 0 aliphatic rings. The Hall–Kier alpha value is -2.44. The average molecular weight is 414 g/mol. The van der Waals surface area contributed by atoms with E-state index >= 15 is 0 Å². The van der Waals surface area contributed by atoms with Gasteiger partial charge < -0.3 is 15.7 Å². The van der Waals surface area contributed by atoms with E-state index in [1.54, 1.807) is 0 Å². The topological polar surface area (TPSA) is 83.0 Å². The fourth-order valence-electron chi connectivity index (χ4n) is 3.23. The number of nitrogens with zero attached hydrogens (tertiary/aromatic N) is 3. The van der Waals surface area contributed by atoms with E-state index in [0.717, 1.165) is 60.2 Å². The molecule has 0 saturated carbocycles. The Morgan fingerprint density at radius 1 is 0.966 bits per heavy atom.